The maximum atomic E-state index is 12.5. The van der Waals surface area contributed by atoms with Gasteiger partial charge in [0.15, 0.2) is 17.1 Å². The molecule has 0 atom stereocenters. The first-order chi connectivity index (χ1) is 14.6. The number of aromatic nitrogens is 1. The molecular formula is C23H19ClN2O4. The zero-order valence-corrected chi connectivity index (χ0v) is 17.2. The summed E-state index contributed by atoms with van der Waals surface area (Å²) in [5.74, 6) is 1.55. The molecule has 0 fully saturated rings. The summed E-state index contributed by atoms with van der Waals surface area (Å²) in [6.07, 6.45) is 0.202. The Morgan fingerprint density at radius 3 is 2.50 bits per heavy atom. The highest BCUT2D eigenvalue weighted by atomic mass is 35.5. The molecule has 1 N–H and O–H groups in total. The van der Waals surface area contributed by atoms with Crippen molar-refractivity contribution in [3.63, 3.8) is 0 Å². The normalized spacial score (nSPS) is 10.8. The van der Waals surface area contributed by atoms with Crippen molar-refractivity contribution in [2.24, 2.45) is 0 Å². The predicted octanol–water partition coefficient (Wildman–Crippen LogP) is 5.35. The quantitative estimate of drug-likeness (QED) is 0.453. The SMILES string of the molecule is COc1ccc(CC(=O)Nc2ccc3oc(-c4ccc(Cl)cc4)nc3c2)cc1OC. The Labute approximate surface area is 178 Å². The number of nitrogens with zero attached hydrogens (tertiary/aromatic N) is 1. The van der Waals surface area contributed by atoms with Crippen molar-refractivity contribution in [1.82, 2.24) is 4.98 Å². The van der Waals surface area contributed by atoms with Gasteiger partial charge in [-0.2, -0.15) is 0 Å². The van der Waals surface area contributed by atoms with Crippen LogP contribution in [0.4, 0.5) is 5.69 Å². The standard InChI is InChI=1S/C23H19ClN2O4/c1-28-20-9-3-14(11-21(20)29-2)12-22(27)25-17-8-10-19-18(13-17)26-23(30-19)15-4-6-16(24)7-5-15/h3-11,13H,12H2,1-2H3,(H,25,27). The number of halogens is 1. The number of benzene rings is 3. The lowest BCUT2D eigenvalue weighted by molar-refractivity contribution is -0.115. The van der Waals surface area contributed by atoms with E-state index in [-0.39, 0.29) is 12.3 Å². The summed E-state index contributed by atoms with van der Waals surface area (Å²) in [5.41, 5.74) is 3.58. The van der Waals surface area contributed by atoms with E-state index in [0.29, 0.717) is 39.2 Å². The first kappa shape index (κ1) is 19.8. The van der Waals surface area contributed by atoms with Crippen LogP contribution in [-0.4, -0.2) is 25.1 Å². The number of oxazole rings is 1. The van der Waals surface area contributed by atoms with Crippen LogP contribution in [0.3, 0.4) is 0 Å². The second-order valence-corrected chi connectivity index (χ2v) is 7.06. The minimum atomic E-state index is -0.150. The fourth-order valence-corrected chi connectivity index (χ4v) is 3.23. The topological polar surface area (TPSA) is 73.6 Å². The maximum absolute atomic E-state index is 12.5. The average molecular weight is 423 g/mol. The predicted molar refractivity (Wildman–Crippen MR) is 116 cm³/mol. The van der Waals surface area contributed by atoms with E-state index in [1.54, 1.807) is 56.7 Å². The van der Waals surface area contributed by atoms with E-state index < -0.39 is 0 Å². The number of carbonyl (C=O) groups is 1. The van der Waals surface area contributed by atoms with Crippen LogP contribution in [-0.2, 0) is 11.2 Å². The summed E-state index contributed by atoms with van der Waals surface area (Å²) in [6, 6.07) is 18.0. The summed E-state index contributed by atoms with van der Waals surface area (Å²) in [6.45, 7) is 0. The van der Waals surface area contributed by atoms with Gasteiger partial charge in [-0.25, -0.2) is 4.98 Å². The fourth-order valence-electron chi connectivity index (χ4n) is 3.10. The number of ether oxygens (including phenoxy) is 2. The molecule has 0 bridgehead atoms. The van der Waals surface area contributed by atoms with E-state index in [1.165, 1.54) is 0 Å². The fraction of sp³-hybridized carbons (Fsp3) is 0.130. The van der Waals surface area contributed by atoms with Crippen LogP contribution in [0.15, 0.2) is 65.1 Å². The molecule has 0 unspecified atom stereocenters. The van der Waals surface area contributed by atoms with Gasteiger partial charge >= 0.3 is 0 Å². The van der Waals surface area contributed by atoms with Gasteiger partial charge in [0.2, 0.25) is 11.8 Å². The van der Waals surface area contributed by atoms with Crippen LogP contribution in [0, 0.1) is 0 Å². The molecule has 1 heterocycles. The van der Waals surface area contributed by atoms with Crippen molar-refractivity contribution in [2.75, 3.05) is 19.5 Å². The smallest absolute Gasteiger partial charge is 0.228 e. The van der Waals surface area contributed by atoms with Crippen LogP contribution < -0.4 is 14.8 Å². The van der Waals surface area contributed by atoms with E-state index >= 15 is 0 Å². The zero-order chi connectivity index (χ0) is 21.1. The number of anilines is 1. The molecule has 3 aromatic carbocycles. The first-order valence-electron chi connectivity index (χ1n) is 9.23. The minimum Gasteiger partial charge on any atom is -0.493 e. The number of rotatable bonds is 6. The summed E-state index contributed by atoms with van der Waals surface area (Å²) < 4.78 is 16.3. The van der Waals surface area contributed by atoms with Crippen molar-refractivity contribution < 1.29 is 18.7 Å². The van der Waals surface area contributed by atoms with Gasteiger partial charge in [-0.15, -0.1) is 0 Å². The Morgan fingerprint density at radius 1 is 1.00 bits per heavy atom. The van der Waals surface area contributed by atoms with Crippen LogP contribution >= 0.6 is 11.6 Å². The molecule has 0 saturated heterocycles. The molecular weight excluding hydrogens is 404 g/mol. The van der Waals surface area contributed by atoms with Gasteiger partial charge in [0.05, 0.1) is 20.6 Å². The van der Waals surface area contributed by atoms with Crippen LogP contribution in [0.1, 0.15) is 5.56 Å². The second kappa shape index (κ2) is 8.47. The molecule has 0 saturated carbocycles. The van der Waals surface area contributed by atoms with E-state index in [1.807, 2.05) is 18.2 Å². The Hall–Kier alpha value is -3.51. The lowest BCUT2D eigenvalue weighted by atomic mass is 10.1. The zero-order valence-electron chi connectivity index (χ0n) is 16.4. The molecule has 1 amide bonds. The number of amides is 1. The second-order valence-electron chi connectivity index (χ2n) is 6.62. The molecule has 4 aromatic rings. The van der Waals surface area contributed by atoms with Crippen LogP contribution in [0.2, 0.25) is 5.02 Å². The number of methoxy groups -OCH3 is 2. The third-order valence-electron chi connectivity index (χ3n) is 4.58. The van der Waals surface area contributed by atoms with Crippen molar-refractivity contribution in [2.45, 2.75) is 6.42 Å². The minimum absolute atomic E-state index is 0.150. The Morgan fingerprint density at radius 2 is 1.77 bits per heavy atom. The molecule has 6 nitrogen and oxygen atoms in total. The van der Waals surface area contributed by atoms with Gasteiger partial charge < -0.3 is 19.2 Å². The van der Waals surface area contributed by atoms with Crippen LogP contribution in [0.25, 0.3) is 22.6 Å². The van der Waals surface area contributed by atoms with Gasteiger partial charge in [0.25, 0.3) is 0 Å². The highest BCUT2D eigenvalue weighted by Gasteiger charge is 2.12. The van der Waals surface area contributed by atoms with Crippen molar-refractivity contribution >= 4 is 34.3 Å². The Balaban J connectivity index is 1.49. The molecule has 7 heteroatoms. The van der Waals surface area contributed by atoms with Crippen molar-refractivity contribution in [3.8, 4) is 23.0 Å². The number of hydrogen-bond donors (Lipinski definition) is 1. The summed E-state index contributed by atoms with van der Waals surface area (Å²) >= 11 is 5.93. The average Bonchev–Trinajstić information content (AvgIpc) is 3.17. The van der Waals surface area contributed by atoms with E-state index in [0.717, 1.165) is 11.1 Å². The number of fused-ring (bicyclic) bond motifs is 1. The Bertz CT molecular complexity index is 1200. The summed E-state index contributed by atoms with van der Waals surface area (Å²) in [4.78, 5) is 17.0. The highest BCUT2D eigenvalue weighted by Crippen LogP contribution is 2.29. The van der Waals surface area contributed by atoms with Gasteiger partial charge in [0, 0.05) is 16.3 Å². The molecule has 0 aliphatic carbocycles. The summed E-state index contributed by atoms with van der Waals surface area (Å²) in [7, 11) is 3.13. The third kappa shape index (κ3) is 4.23. The van der Waals surface area contributed by atoms with E-state index in [9.17, 15) is 4.79 Å². The lowest BCUT2D eigenvalue weighted by Crippen LogP contribution is -2.14. The summed E-state index contributed by atoms with van der Waals surface area (Å²) in [5, 5.41) is 3.54. The molecule has 4 rings (SSSR count). The van der Waals surface area contributed by atoms with Gasteiger partial charge in [-0.1, -0.05) is 17.7 Å². The largest absolute Gasteiger partial charge is 0.493 e. The first-order valence-corrected chi connectivity index (χ1v) is 9.61. The van der Waals surface area contributed by atoms with E-state index in [2.05, 4.69) is 10.3 Å². The molecule has 152 valence electrons. The van der Waals surface area contributed by atoms with Gasteiger partial charge in [0.1, 0.15) is 5.52 Å². The maximum Gasteiger partial charge on any atom is 0.228 e. The number of carbonyl (C=O) groups excluding carboxylic acids is 1. The van der Waals surface area contributed by atoms with Gasteiger partial charge in [-0.05, 0) is 60.2 Å². The van der Waals surface area contributed by atoms with Crippen molar-refractivity contribution in [1.29, 1.82) is 0 Å². The lowest BCUT2D eigenvalue weighted by Gasteiger charge is -2.10. The molecule has 0 aliphatic heterocycles. The molecule has 0 aliphatic rings. The molecule has 0 radical (unpaired) electrons. The number of hydrogen-bond acceptors (Lipinski definition) is 5. The monoisotopic (exact) mass is 422 g/mol. The van der Waals surface area contributed by atoms with Crippen molar-refractivity contribution in [3.05, 3.63) is 71.2 Å². The molecule has 30 heavy (non-hydrogen) atoms. The van der Waals surface area contributed by atoms with E-state index in [4.69, 9.17) is 25.5 Å². The van der Waals surface area contributed by atoms with Gasteiger partial charge in [-0.3, -0.25) is 4.79 Å². The highest BCUT2D eigenvalue weighted by molar-refractivity contribution is 6.30. The molecule has 1 aromatic heterocycles. The van der Waals surface area contributed by atoms with Crippen LogP contribution in [0.5, 0.6) is 11.5 Å². The number of nitrogens with one attached hydrogen (secondary N) is 1. The molecule has 0 spiro atoms. The Kier molecular flexibility index (Phi) is 5.59. The third-order valence-corrected chi connectivity index (χ3v) is 4.83.